The number of ether oxygens (including phenoxy) is 1. The highest BCUT2D eigenvalue weighted by atomic mass is 16.5. The van der Waals surface area contributed by atoms with Crippen LogP contribution in [0.2, 0.25) is 0 Å². The summed E-state index contributed by atoms with van der Waals surface area (Å²) in [5.41, 5.74) is 0. The minimum atomic E-state index is -0.145. The summed E-state index contributed by atoms with van der Waals surface area (Å²) in [4.78, 5) is 0. The zero-order valence-electron chi connectivity index (χ0n) is 9.70. The van der Waals surface area contributed by atoms with Gasteiger partial charge in [0.1, 0.15) is 0 Å². The Kier molecular flexibility index (Phi) is 4.90. The van der Waals surface area contributed by atoms with E-state index < -0.39 is 0 Å². The smallest absolute Gasteiger partial charge is 0.0574 e. The average molecular weight is 200 g/mol. The highest BCUT2D eigenvalue weighted by Gasteiger charge is 2.29. The fraction of sp³-hybridized carbons (Fsp3) is 1.00. The highest BCUT2D eigenvalue weighted by Crippen LogP contribution is 2.36. The van der Waals surface area contributed by atoms with Crippen LogP contribution in [-0.2, 0) is 4.74 Å². The van der Waals surface area contributed by atoms with Crippen LogP contribution in [0, 0.1) is 11.8 Å². The van der Waals surface area contributed by atoms with E-state index in [2.05, 4.69) is 6.92 Å². The molecule has 0 aromatic rings. The molecule has 0 spiro atoms. The van der Waals surface area contributed by atoms with Gasteiger partial charge in [-0.1, -0.05) is 13.3 Å². The first-order chi connectivity index (χ1) is 6.67. The van der Waals surface area contributed by atoms with E-state index in [4.69, 9.17) is 4.74 Å². The molecule has 1 aliphatic rings. The van der Waals surface area contributed by atoms with Crippen LogP contribution < -0.4 is 0 Å². The fourth-order valence-electron chi connectivity index (χ4n) is 2.75. The van der Waals surface area contributed by atoms with Gasteiger partial charge in [0.25, 0.3) is 0 Å². The Morgan fingerprint density at radius 1 is 1.36 bits per heavy atom. The van der Waals surface area contributed by atoms with E-state index >= 15 is 0 Å². The van der Waals surface area contributed by atoms with Crippen LogP contribution in [0.15, 0.2) is 0 Å². The molecule has 14 heavy (non-hydrogen) atoms. The lowest BCUT2D eigenvalue weighted by Crippen LogP contribution is -2.30. The summed E-state index contributed by atoms with van der Waals surface area (Å²) in [5, 5.41) is 9.41. The Morgan fingerprint density at radius 2 is 2.07 bits per heavy atom. The fourth-order valence-corrected chi connectivity index (χ4v) is 2.75. The van der Waals surface area contributed by atoms with E-state index in [0.717, 1.165) is 12.3 Å². The minimum Gasteiger partial charge on any atom is -0.393 e. The normalized spacial score (nSPS) is 35.6. The second-order valence-electron chi connectivity index (χ2n) is 4.68. The zero-order chi connectivity index (χ0) is 10.6. The Balaban J connectivity index is 2.43. The summed E-state index contributed by atoms with van der Waals surface area (Å²) < 4.78 is 5.41. The lowest BCUT2D eigenvalue weighted by atomic mass is 9.74. The molecule has 0 aromatic heterocycles. The number of aliphatic hydroxyl groups excluding tert-OH is 1. The number of methoxy groups -OCH3 is 1. The van der Waals surface area contributed by atoms with Gasteiger partial charge in [0.2, 0.25) is 0 Å². The Morgan fingerprint density at radius 3 is 2.57 bits per heavy atom. The second-order valence-corrected chi connectivity index (χ2v) is 4.68. The van der Waals surface area contributed by atoms with Crippen molar-refractivity contribution in [1.29, 1.82) is 0 Å². The minimum absolute atomic E-state index is 0.145. The first kappa shape index (κ1) is 12.0. The molecule has 1 rings (SSSR count). The molecular formula is C12H24O2. The molecule has 0 radical (unpaired) electrons. The third kappa shape index (κ3) is 3.25. The molecule has 2 heteroatoms. The average Bonchev–Trinajstić information content (AvgIpc) is 2.17. The van der Waals surface area contributed by atoms with Crippen LogP contribution in [0.4, 0.5) is 0 Å². The Hall–Kier alpha value is -0.0800. The summed E-state index contributed by atoms with van der Waals surface area (Å²) in [6.45, 7) is 4.15. The van der Waals surface area contributed by atoms with Crippen molar-refractivity contribution >= 4 is 0 Å². The van der Waals surface area contributed by atoms with Crippen molar-refractivity contribution in [3.63, 3.8) is 0 Å². The van der Waals surface area contributed by atoms with Gasteiger partial charge in [-0.3, -0.25) is 0 Å². The number of aliphatic hydroxyl groups is 1. The maximum absolute atomic E-state index is 9.41. The van der Waals surface area contributed by atoms with E-state index in [-0.39, 0.29) is 6.10 Å². The van der Waals surface area contributed by atoms with Crippen LogP contribution in [0.25, 0.3) is 0 Å². The summed E-state index contributed by atoms with van der Waals surface area (Å²) in [6.07, 6.45) is 6.08. The van der Waals surface area contributed by atoms with E-state index in [0.29, 0.717) is 12.0 Å². The van der Waals surface area contributed by atoms with Crippen LogP contribution in [0.5, 0.6) is 0 Å². The molecule has 4 atom stereocenters. The predicted molar refractivity (Wildman–Crippen MR) is 58.2 cm³/mol. The monoisotopic (exact) mass is 200 g/mol. The molecule has 0 aromatic carbocycles. The first-order valence-electron chi connectivity index (χ1n) is 5.88. The lowest BCUT2D eigenvalue weighted by molar-refractivity contribution is 0.0147. The third-order valence-electron chi connectivity index (χ3n) is 3.59. The second kappa shape index (κ2) is 5.72. The van der Waals surface area contributed by atoms with E-state index in [1.807, 2.05) is 14.0 Å². The van der Waals surface area contributed by atoms with Gasteiger partial charge in [0, 0.05) is 7.11 Å². The van der Waals surface area contributed by atoms with Crippen molar-refractivity contribution in [3.8, 4) is 0 Å². The van der Waals surface area contributed by atoms with Crippen LogP contribution in [0.1, 0.15) is 46.0 Å². The quantitative estimate of drug-likeness (QED) is 0.756. The molecule has 1 fully saturated rings. The first-order valence-corrected chi connectivity index (χ1v) is 5.88. The largest absolute Gasteiger partial charge is 0.393 e. The maximum atomic E-state index is 9.41. The van der Waals surface area contributed by atoms with Crippen molar-refractivity contribution in [2.45, 2.75) is 58.2 Å². The van der Waals surface area contributed by atoms with Gasteiger partial charge in [0.15, 0.2) is 0 Å². The van der Waals surface area contributed by atoms with Crippen LogP contribution in [0.3, 0.4) is 0 Å². The van der Waals surface area contributed by atoms with Gasteiger partial charge in [-0.05, 0) is 44.4 Å². The standard InChI is InChI=1S/C12H24O2/c1-4-10-8-12(14-3)6-5-11(10)7-9(2)13/h9-13H,4-8H2,1-3H3/t9-,10?,11?,12-/m0/s1. The van der Waals surface area contributed by atoms with Gasteiger partial charge >= 0.3 is 0 Å². The predicted octanol–water partition coefficient (Wildman–Crippen LogP) is 2.60. The molecule has 84 valence electrons. The Bertz CT molecular complexity index is 156. The van der Waals surface area contributed by atoms with Crippen molar-refractivity contribution in [2.24, 2.45) is 11.8 Å². The van der Waals surface area contributed by atoms with E-state index in [1.165, 1.54) is 25.7 Å². The molecule has 0 heterocycles. The van der Waals surface area contributed by atoms with Crippen LogP contribution >= 0.6 is 0 Å². The van der Waals surface area contributed by atoms with Gasteiger partial charge < -0.3 is 9.84 Å². The number of hydrogen-bond donors (Lipinski definition) is 1. The third-order valence-corrected chi connectivity index (χ3v) is 3.59. The molecular weight excluding hydrogens is 176 g/mol. The maximum Gasteiger partial charge on any atom is 0.0574 e. The zero-order valence-corrected chi connectivity index (χ0v) is 9.70. The molecule has 1 saturated carbocycles. The lowest BCUT2D eigenvalue weighted by Gasteiger charge is -2.35. The summed E-state index contributed by atoms with van der Waals surface area (Å²) in [7, 11) is 1.81. The van der Waals surface area contributed by atoms with Gasteiger partial charge in [-0.2, -0.15) is 0 Å². The van der Waals surface area contributed by atoms with E-state index in [9.17, 15) is 5.11 Å². The van der Waals surface area contributed by atoms with Crippen molar-refractivity contribution in [3.05, 3.63) is 0 Å². The SMILES string of the molecule is CCC1C[C@@H](OC)CCC1C[C@H](C)O. The topological polar surface area (TPSA) is 29.5 Å². The summed E-state index contributed by atoms with van der Waals surface area (Å²) in [6, 6.07) is 0. The summed E-state index contributed by atoms with van der Waals surface area (Å²) >= 11 is 0. The van der Waals surface area contributed by atoms with Gasteiger partial charge in [-0.25, -0.2) is 0 Å². The number of rotatable bonds is 4. The molecule has 0 aliphatic heterocycles. The van der Waals surface area contributed by atoms with Crippen molar-refractivity contribution < 1.29 is 9.84 Å². The molecule has 0 amide bonds. The van der Waals surface area contributed by atoms with Crippen molar-refractivity contribution in [1.82, 2.24) is 0 Å². The van der Waals surface area contributed by atoms with Gasteiger partial charge in [-0.15, -0.1) is 0 Å². The van der Waals surface area contributed by atoms with E-state index in [1.54, 1.807) is 0 Å². The molecule has 0 bridgehead atoms. The van der Waals surface area contributed by atoms with Crippen LogP contribution in [-0.4, -0.2) is 24.4 Å². The summed E-state index contributed by atoms with van der Waals surface area (Å²) in [5.74, 6) is 1.47. The molecule has 2 nitrogen and oxygen atoms in total. The molecule has 2 unspecified atom stereocenters. The number of hydrogen-bond acceptors (Lipinski definition) is 2. The highest BCUT2D eigenvalue weighted by molar-refractivity contribution is 4.80. The Labute approximate surface area is 87.7 Å². The molecule has 0 saturated heterocycles. The molecule has 1 N–H and O–H groups in total. The van der Waals surface area contributed by atoms with Crippen molar-refractivity contribution in [2.75, 3.05) is 7.11 Å². The van der Waals surface area contributed by atoms with Gasteiger partial charge in [0.05, 0.1) is 12.2 Å². The molecule has 1 aliphatic carbocycles.